The van der Waals surface area contributed by atoms with Crippen LogP contribution in [0.1, 0.15) is 30.0 Å². The smallest absolute Gasteiger partial charge is 0.269 e. The van der Waals surface area contributed by atoms with Gasteiger partial charge in [-0.2, -0.15) is 0 Å². The number of likely N-dealkylation sites (tertiary alicyclic amines) is 1. The van der Waals surface area contributed by atoms with Crippen molar-refractivity contribution in [1.29, 1.82) is 0 Å². The lowest BCUT2D eigenvalue weighted by atomic mass is 9.85. The van der Waals surface area contributed by atoms with Crippen LogP contribution in [0.2, 0.25) is 0 Å². The largest absolute Gasteiger partial charge is 0.326 e. The van der Waals surface area contributed by atoms with Crippen molar-refractivity contribution in [2.45, 2.75) is 25.8 Å². The molecule has 3 amide bonds. The number of imide groups is 1. The van der Waals surface area contributed by atoms with Gasteiger partial charge in [-0.05, 0) is 42.4 Å². The zero-order valence-electron chi connectivity index (χ0n) is 18.0. The van der Waals surface area contributed by atoms with Gasteiger partial charge in [-0.3, -0.25) is 29.4 Å². The maximum atomic E-state index is 13.4. The molecular formula is C25H23N3O5. The predicted octanol–water partition coefficient (Wildman–Crippen LogP) is 3.78. The molecule has 1 aliphatic heterocycles. The van der Waals surface area contributed by atoms with Crippen molar-refractivity contribution in [3.8, 4) is 0 Å². The molecule has 2 fully saturated rings. The Hall–Kier alpha value is -3.81. The number of rotatable bonds is 6. The zero-order chi connectivity index (χ0) is 23.3. The van der Waals surface area contributed by atoms with Gasteiger partial charge in [-0.1, -0.05) is 42.5 Å². The van der Waals surface area contributed by atoms with Crippen molar-refractivity contribution >= 4 is 29.1 Å². The van der Waals surface area contributed by atoms with Crippen LogP contribution in [0.15, 0.2) is 60.7 Å². The third-order valence-electron chi connectivity index (χ3n) is 7.08. The lowest BCUT2D eigenvalue weighted by Gasteiger charge is -2.28. The summed E-state index contributed by atoms with van der Waals surface area (Å²) in [6, 6.07) is 12.2. The van der Waals surface area contributed by atoms with Crippen LogP contribution >= 0.6 is 0 Å². The van der Waals surface area contributed by atoms with E-state index in [1.807, 2.05) is 31.2 Å². The van der Waals surface area contributed by atoms with Gasteiger partial charge in [0.15, 0.2) is 0 Å². The number of nitro benzene ring substituents is 1. The predicted molar refractivity (Wildman–Crippen MR) is 120 cm³/mol. The minimum atomic E-state index is -0.918. The third-order valence-corrected chi connectivity index (χ3v) is 7.08. The van der Waals surface area contributed by atoms with Crippen LogP contribution in [0, 0.1) is 40.7 Å². The minimum Gasteiger partial charge on any atom is -0.326 e. The fourth-order valence-corrected chi connectivity index (χ4v) is 5.53. The number of nitrogens with one attached hydrogen (secondary N) is 1. The number of hydrogen-bond donors (Lipinski definition) is 1. The molecule has 1 saturated carbocycles. The van der Waals surface area contributed by atoms with Crippen LogP contribution < -0.4 is 5.32 Å². The first-order valence-corrected chi connectivity index (χ1v) is 11.0. The standard InChI is InChI=1S/C25H23N3O5/c1-14-5-2-3-8-19(14)26-21(29)13-20(15-6-4-7-18(12-15)28(32)33)27-24(30)22-16-9-10-17(11-16)23(22)25(27)31/h2-10,12,16-17,20,22-23H,11,13H2,1H3,(H,26,29). The monoisotopic (exact) mass is 445 g/mol. The SMILES string of the molecule is Cc1ccccc1NC(=O)CC(c1cccc([N+](=O)[O-])c1)N1C(=O)C2C3C=CC(C3)C2C1=O. The molecular weight excluding hydrogens is 422 g/mol. The number of nitro groups is 1. The first-order chi connectivity index (χ1) is 15.8. The van der Waals surface area contributed by atoms with Crippen LogP contribution in [-0.4, -0.2) is 27.5 Å². The summed E-state index contributed by atoms with van der Waals surface area (Å²) in [5.41, 5.74) is 1.76. The highest BCUT2D eigenvalue weighted by Crippen LogP contribution is 2.54. The van der Waals surface area contributed by atoms with Gasteiger partial charge in [0.2, 0.25) is 17.7 Å². The molecule has 8 heteroatoms. The highest BCUT2D eigenvalue weighted by atomic mass is 16.6. The number of para-hydroxylation sites is 1. The van der Waals surface area contributed by atoms with E-state index in [0.717, 1.165) is 12.0 Å². The van der Waals surface area contributed by atoms with Gasteiger partial charge in [0, 0.05) is 17.8 Å². The number of benzene rings is 2. The molecule has 2 aromatic carbocycles. The summed E-state index contributed by atoms with van der Waals surface area (Å²) in [5.74, 6) is -1.70. The molecule has 168 valence electrons. The lowest BCUT2D eigenvalue weighted by molar-refractivity contribution is -0.385. The zero-order valence-corrected chi connectivity index (χ0v) is 18.0. The Balaban J connectivity index is 1.48. The van der Waals surface area contributed by atoms with Crippen LogP contribution in [0.3, 0.4) is 0 Å². The van der Waals surface area contributed by atoms with E-state index < -0.39 is 22.8 Å². The summed E-state index contributed by atoms with van der Waals surface area (Å²) in [7, 11) is 0. The van der Waals surface area contributed by atoms with E-state index >= 15 is 0 Å². The van der Waals surface area contributed by atoms with Crippen molar-refractivity contribution in [1.82, 2.24) is 4.90 Å². The van der Waals surface area contributed by atoms with Gasteiger partial charge in [0.25, 0.3) is 5.69 Å². The maximum Gasteiger partial charge on any atom is 0.269 e. The Morgan fingerprint density at radius 3 is 2.39 bits per heavy atom. The van der Waals surface area contributed by atoms with Crippen molar-refractivity contribution in [3.05, 3.63) is 81.9 Å². The summed E-state index contributed by atoms with van der Waals surface area (Å²) in [6.45, 7) is 1.87. The van der Waals surface area contributed by atoms with E-state index in [4.69, 9.17) is 0 Å². The van der Waals surface area contributed by atoms with Crippen LogP contribution in [0.25, 0.3) is 0 Å². The fourth-order valence-electron chi connectivity index (χ4n) is 5.53. The quantitative estimate of drug-likeness (QED) is 0.315. The number of aryl methyl sites for hydroxylation is 1. The van der Waals surface area contributed by atoms with E-state index in [2.05, 4.69) is 5.32 Å². The van der Waals surface area contributed by atoms with Gasteiger partial charge in [-0.15, -0.1) is 0 Å². The molecule has 5 unspecified atom stereocenters. The van der Waals surface area contributed by atoms with Crippen LogP contribution in [0.5, 0.6) is 0 Å². The molecule has 0 spiro atoms. The molecule has 5 atom stereocenters. The van der Waals surface area contributed by atoms with Gasteiger partial charge < -0.3 is 5.32 Å². The molecule has 33 heavy (non-hydrogen) atoms. The summed E-state index contributed by atoms with van der Waals surface area (Å²) < 4.78 is 0. The summed E-state index contributed by atoms with van der Waals surface area (Å²) in [5, 5.41) is 14.2. The highest BCUT2D eigenvalue weighted by Gasteiger charge is 2.60. The highest BCUT2D eigenvalue weighted by molar-refractivity contribution is 6.07. The van der Waals surface area contributed by atoms with Crippen molar-refractivity contribution < 1.29 is 19.3 Å². The van der Waals surface area contributed by atoms with E-state index in [9.17, 15) is 24.5 Å². The second-order valence-electron chi connectivity index (χ2n) is 8.98. The molecule has 1 heterocycles. The first kappa shape index (κ1) is 21.1. The minimum absolute atomic E-state index is 0.0352. The third kappa shape index (κ3) is 3.51. The van der Waals surface area contributed by atoms with Crippen LogP contribution in [-0.2, 0) is 14.4 Å². The Bertz CT molecular complexity index is 1180. The molecule has 2 bridgehead atoms. The second-order valence-corrected chi connectivity index (χ2v) is 8.98. The number of non-ortho nitro benzene ring substituents is 1. The molecule has 5 rings (SSSR count). The molecule has 8 nitrogen and oxygen atoms in total. The Morgan fingerprint density at radius 1 is 1.09 bits per heavy atom. The van der Waals surface area contributed by atoms with Crippen LogP contribution in [0.4, 0.5) is 11.4 Å². The van der Waals surface area contributed by atoms with E-state index in [-0.39, 0.29) is 41.7 Å². The Kier molecular flexibility index (Phi) is 5.08. The summed E-state index contributed by atoms with van der Waals surface area (Å²) >= 11 is 0. The number of hydrogen-bond acceptors (Lipinski definition) is 5. The Labute approximate surface area is 190 Å². The van der Waals surface area contributed by atoms with Gasteiger partial charge in [-0.25, -0.2) is 0 Å². The normalized spacial score (nSPS) is 25.9. The number of anilines is 1. The lowest BCUT2D eigenvalue weighted by Crippen LogP contribution is -2.38. The number of fused-ring (bicyclic) bond motifs is 5. The number of amides is 3. The van der Waals surface area contributed by atoms with Crippen molar-refractivity contribution in [3.63, 3.8) is 0 Å². The number of carbonyl (C=O) groups excluding carboxylic acids is 3. The van der Waals surface area contributed by atoms with Gasteiger partial charge in [0.1, 0.15) is 0 Å². The maximum absolute atomic E-state index is 13.4. The molecule has 1 N–H and O–H groups in total. The molecule has 2 aliphatic carbocycles. The molecule has 0 radical (unpaired) electrons. The van der Waals surface area contributed by atoms with E-state index in [0.29, 0.717) is 11.3 Å². The summed E-state index contributed by atoms with van der Waals surface area (Å²) in [6.07, 6.45) is 4.63. The number of nitrogens with zero attached hydrogens (tertiary/aromatic N) is 2. The van der Waals surface area contributed by atoms with Crippen molar-refractivity contribution in [2.75, 3.05) is 5.32 Å². The Morgan fingerprint density at radius 2 is 1.76 bits per heavy atom. The number of carbonyl (C=O) groups is 3. The molecule has 3 aliphatic rings. The average Bonchev–Trinajstić information content (AvgIpc) is 3.48. The van der Waals surface area contributed by atoms with Gasteiger partial charge in [0.05, 0.1) is 29.2 Å². The topological polar surface area (TPSA) is 110 Å². The van der Waals surface area contributed by atoms with E-state index in [1.165, 1.54) is 23.1 Å². The first-order valence-electron chi connectivity index (χ1n) is 11.0. The summed E-state index contributed by atoms with van der Waals surface area (Å²) in [4.78, 5) is 51.9. The van der Waals surface area contributed by atoms with Gasteiger partial charge >= 0.3 is 0 Å². The van der Waals surface area contributed by atoms with E-state index in [1.54, 1.807) is 18.2 Å². The molecule has 0 aromatic heterocycles. The fraction of sp³-hybridized carbons (Fsp3) is 0.320. The van der Waals surface area contributed by atoms with Crippen molar-refractivity contribution in [2.24, 2.45) is 23.7 Å². The molecule has 1 saturated heterocycles. The average molecular weight is 445 g/mol. The number of allylic oxidation sites excluding steroid dienone is 2. The molecule has 2 aromatic rings. The second kappa shape index (κ2) is 7.95.